The molecular weight excluding hydrogens is 1510 g/mol. The summed E-state index contributed by atoms with van der Waals surface area (Å²) in [7, 11) is -9.79. The van der Waals surface area contributed by atoms with E-state index in [0.29, 0.717) is 19.3 Å². The first-order chi connectivity index (χ1) is 57.2. The molecule has 5 atom stereocenters. The van der Waals surface area contributed by atoms with Crippen LogP contribution in [-0.2, 0) is 55.8 Å². The third-order valence-corrected chi connectivity index (χ3v) is 22.6. The molecule has 0 bridgehead atoms. The zero-order chi connectivity index (χ0) is 85.1. The van der Waals surface area contributed by atoms with Gasteiger partial charge < -0.3 is 34.2 Å². The lowest BCUT2D eigenvalue weighted by molar-refractivity contribution is -0.161. The van der Waals surface area contributed by atoms with Gasteiger partial charge in [-0.3, -0.25) is 32.5 Å². The van der Waals surface area contributed by atoms with E-state index in [2.05, 4.69) is 142 Å². The topological polar surface area (TPSA) is 231 Å². The Morgan fingerprint density at radius 1 is 0.248 bits per heavy atom. The van der Waals surface area contributed by atoms with Crippen molar-refractivity contribution in [1.82, 2.24) is 0 Å². The van der Waals surface area contributed by atoms with Crippen molar-refractivity contribution in [2.24, 2.45) is 0 Å². The summed E-state index contributed by atoms with van der Waals surface area (Å²) in [5.41, 5.74) is 0. The van der Waals surface area contributed by atoms with Crippen LogP contribution in [0.2, 0.25) is 0 Å². The summed E-state index contributed by atoms with van der Waals surface area (Å²) in [4.78, 5) is 59.0. The number of aliphatic hydroxyl groups is 2. The third kappa shape index (κ3) is 92.5. The van der Waals surface area contributed by atoms with Gasteiger partial charge in [-0.2, -0.15) is 0 Å². The van der Waals surface area contributed by atoms with Gasteiger partial charge in [0.15, 0.2) is 6.10 Å². The second kappa shape index (κ2) is 91.2. The first-order valence-corrected chi connectivity index (χ1v) is 50.8. The Morgan fingerprint density at radius 3 is 0.718 bits per heavy atom. The van der Waals surface area contributed by atoms with Gasteiger partial charge in [0.05, 0.1) is 26.4 Å². The fourth-order valence-corrected chi connectivity index (χ4v) is 15.1. The van der Waals surface area contributed by atoms with Crippen LogP contribution in [0.3, 0.4) is 0 Å². The van der Waals surface area contributed by atoms with Gasteiger partial charge in [-0.25, -0.2) is 9.13 Å². The molecule has 4 N–H and O–H groups in total. The number of carbonyl (C=O) groups is 3. The molecule has 0 aromatic rings. The van der Waals surface area contributed by atoms with Crippen molar-refractivity contribution in [2.75, 3.05) is 39.6 Å². The number of phosphoric ester groups is 2. The van der Waals surface area contributed by atoms with Crippen LogP contribution in [0.25, 0.3) is 0 Å². The Morgan fingerprint density at radius 2 is 0.453 bits per heavy atom. The normalized spacial score (nSPS) is 14.3. The molecule has 18 heteroatoms. The summed E-state index contributed by atoms with van der Waals surface area (Å²) in [5, 5.41) is 20.7. The molecule has 16 nitrogen and oxygen atoms in total. The van der Waals surface area contributed by atoms with E-state index in [4.69, 9.17) is 32.3 Å². The Bertz CT molecular complexity index is 2610. The monoisotopic (exact) mass is 1680 g/mol. The van der Waals surface area contributed by atoms with E-state index in [-0.39, 0.29) is 19.3 Å². The quantitative estimate of drug-likeness (QED) is 0.0146. The summed E-state index contributed by atoms with van der Waals surface area (Å²) in [6, 6.07) is 0. The van der Waals surface area contributed by atoms with Gasteiger partial charge in [0.25, 0.3) is 0 Å². The molecule has 0 spiro atoms. The van der Waals surface area contributed by atoms with Crippen LogP contribution in [0.5, 0.6) is 0 Å². The Hall–Kier alpha value is -4.05. The van der Waals surface area contributed by atoms with Gasteiger partial charge >= 0.3 is 33.6 Å². The average molecular weight is 1680 g/mol. The second-order valence-corrected chi connectivity index (χ2v) is 35.0. The van der Waals surface area contributed by atoms with Gasteiger partial charge in [0.1, 0.15) is 25.4 Å². The lowest BCUT2D eigenvalue weighted by atomic mass is 10.0. The van der Waals surface area contributed by atoms with Crippen molar-refractivity contribution < 1.29 is 75.8 Å². The van der Waals surface area contributed by atoms with Crippen molar-refractivity contribution >= 4 is 33.6 Å². The summed E-state index contributed by atoms with van der Waals surface area (Å²) >= 11 is 0. The minimum atomic E-state index is -4.93. The maximum Gasteiger partial charge on any atom is 0.472 e. The number of phosphoric acid groups is 2. The lowest BCUT2D eigenvalue weighted by Crippen LogP contribution is -2.30. The molecular formula is C99H176O16P2. The predicted molar refractivity (Wildman–Crippen MR) is 491 cm³/mol. The number of unbranched alkanes of at least 4 members (excludes halogenated alkanes) is 48. The largest absolute Gasteiger partial charge is 0.472 e. The highest BCUT2D eigenvalue weighted by Crippen LogP contribution is 2.45. The molecule has 0 amide bonds. The van der Waals surface area contributed by atoms with Crippen molar-refractivity contribution in [3.63, 3.8) is 0 Å². The van der Waals surface area contributed by atoms with Gasteiger partial charge in [0, 0.05) is 19.3 Å². The molecule has 0 aliphatic carbocycles. The lowest BCUT2D eigenvalue weighted by Gasteiger charge is -2.21. The van der Waals surface area contributed by atoms with Crippen LogP contribution in [-0.4, -0.2) is 95.9 Å². The number of esters is 3. The van der Waals surface area contributed by atoms with Crippen LogP contribution in [0.15, 0.2) is 122 Å². The molecule has 0 aliphatic heterocycles. The average Bonchev–Trinajstić information content (AvgIpc) is 0.886. The highest BCUT2D eigenvalue weighted by atomic mass is 31.2. The molecule has 678 valence electrons. The molecule has 0 aromatic heterocycles. The number of carbonyl (C=O) groups excluding carboxylic acids is 3. The summed E-state index contributed by atoms with van der Waals surface area (Å²) in [6.07, 6.45) is 113. The summed E-state index contributed by atoms with van der Waals surface area (Å²) < 4.78 is 61.5. The van der Waals surface area contributed by atoms with Crippen molar-refractivity contribution in [2.45, 2.75) is 450 Å². The van der Waals surface area contributed by atoms with Crippen molar-refractivity contribution in [3.05, 3.63) is 122 Å². The van der Waals surface area contributed by atoms with E-state index < -0.39 is 91.5 Å². The zero-order valence-corrected chi connectivity index (χ0v) is 76.6. The van der Waals surface area contributed by atoms with Crippen LogP contribution in [0.4, 0.5) is 0 Å². The van der Waals surface area contributed by atoms with Crippen molar-refractivity contribution in [3.8, 4) is 0 Å². The van der Waals surface area contributed by atoms with E-state index in [1.54, 1.807) is 0 Å². The minimum absolute atomic E-state index is 0.110. The van der Waals surface area contributed by atoms with Crippen LogP contribution in [0, 0.1) is 0 Å². The molecule has 0 radical (unpaired) electrons. The zero-order valence-electron chi connectivity index (χ0n) is 74.9. The molecule has 0 saturated heterocycles. The number of hydrogen-bond acceptors (Lipinski definition) is 14. The summed E-state index contributed by atoms with van der Waals surface area (Å²) in [5.74, 6) is -1.55. The third-order valence-electron chi connectivity index (χ3n) is 20.7. The maximum atomic E-state index is 13.0. The Kier molecular flexibility index (Phi) is 88.0. The van der Waals surface area contributed by atoms with Gasteiger partial charge in [0.2, 0.25) is 0 Å². The Labute approximate surface area is 716 Å². The highest BCUT2D eigenvalue weighted by Gasteiger charge is 2.30. The van der Waals surface area contributed by atoms with E-state index in [1.807, 2.05) is 0 Å². The van der Waals surface area contributed by atoms with E-state index in [0.717, 1.165) is 128 Å². The van der Waals surface area contributed by atoms with Crippen LogP contribution in [0.1, 0.15) is 432 Å². The summed E-state index contributed by atoms with van der Waals surface area (Å²) in [6.45, 7) is 2.55. The number of aliphatic hydroxyl groups excluding tert-OH is 2. The molecule has 0 saturated carbocycles. The van der Waals surface area contributed by atoms with Crippen LogP contribution >= 0.6 is 15.6 Å². The number of hydrogen-bond donors (Lipinski definition) is 4. The smallest absolute Gasteiger partial charge is 0.463 e. The fraction of sp³-hybridized carbons (Fsp3) is 0.768. The molecule has 0 rings (SSSR count). The number of ether oxygens (including phenoxy) is 3. The van der Waals surface area contributed by atoms with Gasteiger partial charge in [-0.1, -0.05) is 425 Å². The van der Waals surface area contributed by atoms with Gasteiger partial charge in [-0.15, -0.1) is 0 Å². The molecule has 0 aliphatic rings. The first kappa shape index (κ1) is 113. The van der Waals surface area contributed by atoms with E-state index in [1.165, 1.54) is 244 Å². The standard InChI is InChI=1S/C99H176O16P2/c1-4-7-10-13-16-19-22-25-28-30-32-34-36-38-40-42-44-45-46-47-49-51-52-54-56-58-60-62-65-67-70-73-76-79-82-85-97(102)109-88-94(100)89-111-116(105,106)112-90-95(101)91-113-117(107,108)114-93-96(115-99(104)87-84-81-78-75-72-69-64-27-24-21-18-15-12-9-6-3)92-110-98(103)86-83-80-77-74-71-68-66-63-61-59-57-55-53-50-48-43-41-39-37-35-33-31-29-26-23-20-17-14-11-8-5-2/h7-8,10-11,16-17,19-20,25-26,28-29,32-35,38-41,94-96,100-101H,4-6,9,12-15,18,21-24,27,30-31,36-37,42-93H2,1-3H3,(H,105,106)(H,107,108)/b10-7-,11-8-,19-16-,20-17-,28-25-,29-26-,34-32-,35-33-,40-38-,41-39-. The SMILES string of the molecule is CC/C=C\C/C=C\C/C=C\C/C=C\C/C=C\CCCCCCCCCCCCCCCCCCCCCC(=O)OCC(O)COP(=O)(O)OCC(O)COP(=O)(O)OCC(COC(=O)CCCCCCCCCCCCCCCCC/C=C\C/C=C\C/C=C\C/C=C\C/C=C\CC)OC(=O)CCCCCCCCCCCCCCCCC. The van der Waals surface area contributed by atoms with E-state index >= 15 is 0 Å². The molecule has 0 heterocycles. The highest BCUT2D eigenvalue weighted by molar-refractivity contribution is 7.47. The maximum absolute atomic E-state index is 13.0. The van der Waals surface area contributed by atoms with E-state index in [9.17, 15) is 43.5 Å². The van der Waals surface area contributed by atoms with Gasteiger partial charge in [-0.05, 0) is 109 Å². The van der Waals surface area contributed by atoms with Crippen LogP contribution < -0.4 is 0 Å². The fourth-order valence-electron chi connectivity index (χ4n) is 13.5. The molecule has 0 aromatic carbocycles. The molecule has 0 fully saturated rings. The Balaban J connectivity index is 4.39. The second-order valence-electron chi connectivity index (χ2n) is 32.1. The predicted octanol–water partition coefficient (Wildman–Crippen LogP) is 29.6. The number of allylic oxidation sites excluding steroid dienone is 20. The number of rotatable bonds is 91. The molecule has 117 heavy (non-hydrogen) atoms. The first-order valence-electron chi connectivity index (χ1n) is 47.8. The van der Waals surface area contributed by atoms with Crippen molar-refractivity contribution in [1.29, 1.82) is 0 Å². The minimum Gasteiger partial charge on any atom is -0.463 e. The molecule has 5 unspecified atom stereocenters.